The minimum Gasteiger partial charge on any atom is -0.251 e. The highest BCUT2D eigenvalue weighted by Gasteiger charge is 1.94. The molecule has 0 aromatic carbocycles. The van der Waals surface area contributed by atoms with Crippen molar-refractivity contribution >= 4 is 11.9 Å². The maximum absolute atomic E-state index is 2.97. The van der Waals surface area contributed by atoms with Crippen LogP contribution in [-0.4, -0.2) is 0 Å². The first-order valence-corrected chi connectivity index (χ1v) is 2.64. The summed E-state index contributed by atoms with van der Waals surface area (Å²) < 4.78 is 2.97. The summed E-state index contributed by atoms with van der Waals surface area (Å²) in [5, 5.41) is 0. The van der Waals surface area contributed by atoms with E-state index in [0.717, 1.165) is 0 Å². The second kappa shape index (κ2) is 1.67. The lowest BCUT2D eigenvalue weighted by Crippen LogP contribution is -1.84. The molecule has 0 aromatic rings. The lowest BCUT2D eigenvalue weighted by Gasteiger charge is -1.82. The van der Waals surface area contributed by atoms with Crippen LogP contribution in [0.5, 0.6) is 0 Å². The molecule has 1 nitrogen and oxygen atoms in total. The average molecular weight is 100 g/mol. The van der Waals surface area contributed by atoms with Gasteiger partial charge in [0.2, 0.25) is 0 Å². The fraction of sp³-hybridized carbons (Fsp3) is 0.250. The van der Waals surface area contributed by atoms with Gasteiger partial charge in [0.25, 0.3) is 0 Å². The zero-order chi connectivity index (χ0) is 4.41. The van der Waals surface area contributed by atoms with Crippen LogP contribution in [0.1, 0.15) is 6.92 Å². The SMILES string of the molecule is CC1=C[CH]NS1. The quantitative estimate of drug-likeness (QED) is 0.460. The summed E-state index contributed by atoms with van der Waals surface area (Å²) in [5.41, 5.74) is 0. The summed E-state index contributed by atoms with van der Waals surface area (Å²) in [4.78, 5) is 1.33. The van der Waals surface area contributed by atoms with Crippen molar-refractivity contribution in [2.24, 2.45) is 0 Å². The van der Waals surface area contributed by atoms with E-state index in [1.807, 2.05) is 12.6 Å². The number of rotatable bonds is 0. The van der Waals surface area contributed by atoms with Crippen LogP contribution in [0.4, 0.5) is 0 Å². The standard InChI is InChI=1S/C4H6NS/c1-4-2-3-5-6-4/h2-3,5H,1H3. The van der Waals surface area contributed by atoms with Crippen LogP contribution in [0, 0.1) is 6.54 Å². The third-order valence-corrected chi connectivity index (χ3v) is 1.32. The van der Waals surface area contributed by atoms with E-state index in [-0.39, 0.29) is 0 Å². The molecule has 0 fully saturated rings. The van der Waals surface area contributed by atoms with E-state index < -0.39 is 0 Å². The van der Waals surface area contributed by atoms with Gasteiger partial charge >= 0.3 is 0 Å². The van der Waals surface area contributed by atoms with Gasteiger partial charge < -0.3 is 0 Å². The fourth-order valence-electron chi connectivity index (χ4n) is 0.312. The second-order valence-corrected chi connectivity index (χ2v) is 2.25. The highest BCUT2D eigenvalue weighted by Crippen LogP contribution is 2.16. The van der Waals surface area contributed by atoms with Crippen LogP contribution in [0.2, 0.25) is 0 Å². The fourth-order valence-corrected chi connectivity index (χ4v) is 0.770. The molecule has 0 aliphatic carbocycles. The molecule has 1 rings (SSSR count). The minimum absolute atomic E-state index is 1.33. The first-order valence-electron chi connectivity index (χ1n) is 1.82. The Morgan fingerprint density at radius 3 is 2.83 bits per heavy atom. The number of hydrogen-bond acceptors (Lipinski definition) is 2. The zero-order valence-corrected chi connectivity index (χ0v) is 4.38. The molecule has 1 heterocycles. The maximum Gasteiger partial charge on any atom is 0.0564 e. The Kier molecular flexibility index (Phi) is 1.17. The molecule has 0 spiro atoms. The van der Waals surface area contributed by atoms with Gasteiger partial charge in [-0.05, 0) is 23.8 Å². The van der Waals surface area contributed by atoms with Crippen LogP contribution in [0.3, 0.4) is 0 Å². The topological polar surface area (TPSA) is 12.0 Å². The van der Waals surface area contributed by atoms with Gasteiger partial charge in [-0.25, -0.2) is 0 Å². The summed E-state index contributed by atoms with van der Waals surface area (Å²) in [6, 6.07) is 0. The van der Waals surface area contributed by atoms with Gasteiger partial charge in [0.15, 0.2) is 0 Å². The number of nitrogens with one attached hydrogen (secondary N) is 1. The number of allylic oxidation sites excluding steroid dienone is 1. The minimum atomic E-state index is 1.33. The normalized spacial score (nSPS) is 21.2. The molecular weight excluding hydrogens is 94.1 g/mol. The Morgan fingerprint density at radius 1 is 1.83 bits per heavy atom. The molecule has 1 aliphatic heterocycles. The van der Waals surface area contributed by atoms with Crippen LogP contribution >= 0.6 is 11.9 Å². The molecule has 0 bridgehead atoms. The maximum atomic E-state index is 2.97. The monoisotopic (exact) mass is 100 g/mol. The van der Waals surface area contributed by atoms with E-state index in [1.165, 1.54) is 4.91 Å². The van der Waals surface area contributed by atoms with Gasteiger partial charge in [-0.2, -0.15) is 0 Å². The highest BCUT2D eigenvalue weighted by molar-refractivity contribution is 8.01. The molecule has 33 valence electrons. The van der Waals surface area contributed by atoms with Crippen molar-refractivity contribution in [3.05, 3.63) is 17.5 Å². The molecule has 0 saturated heterocycles. The van der Waals surface area contributed by atoms with E-state index in [0.29, 0.717) is 0 Å². The summed E-state index contributed by atoms with van der Waals surface area (Å²) in [6.07, 6.45) is 2.05. The highest BCUT2D eigenvalue weighted by atomic mass is 32.2. The lowest BCUT2D eigenvalue weighted by molar-refractivity contribution is 1.33. The van der Waals surface area contributed by atoms with Crippen molar-refractivity contribution < 1.29 is 0 Å². The van der Waals surface area contributed by atoms with E-state index >= 15 is 0 Å². The summed E-state index contributed by atoms with van der Waals surface area (Å²) in [7, 11) is 0. The van der Waals surface area contributed by atoms with Gasteiger partial charge in [-0.15, -0.1) is 0 Å². The molecule has 0 unspecified atom stereocenters. The van der Waals surface area contributed by atoms with Crippen molar-refractivity contribution in [1.82, 2.24) is 4.72 Å². The Bertz CT molecular complexity index is 77.6. The molecule has 1 N–H and O–H groups in total. The van der Waals surface area contributed by atoms with Crippen LogP contribution in [0.15, 0.2) is 11.0 Å². The molecule has 0 saturated carbocycles. The van der Waals surface area contributed by atoms with Gasteiger partial charge in [-0.1, -0.05) is 6.08 Å². The summed E-state index contributed by atoms with van der Waals surface area (Å²) in [6.45, 7) is 4.00. The third kappa shape index (κ3) is 0.758. The first-order chi connectivity index (χ1) is 2.89. The van der Waals surface area contributed by atoms with Crippen molar-refractivity contribution in [3.8, 4) is 0 Å². The lowest BCUT2D eigenvalue weighted by atomic mass is 10.5. The molecule has 0 amide bonds. The third-order valence-electron chi connectivity index (χ3n) is 0.606. The largest absolute Gasteiger partial charge is 0.251 e. The molecule has 0 aromatic heterocycles. The zero-order valence-electron chi connectivity index (χ0n) is 3.56. The van der Waals surface area contributed by atoms with Crippen molar-refractivity contribution in [2.75, 3.05) is 0 Å². The Morgan fingerprint density at radius 2 is 2.67 bits per heavy atom. The Labute approximate surface area is 41.9 Å². The van der Waals surface area contributed by atoms with Gasteiger partial charge in [0.05, 0.1) is 6.54 Å². The van der Waals surface area contributed by atoms with Crippen molar-refractivity contribution in [1.29, 1.82) is 0 Å². The summed E-state index contributed by atoms with van der Waals surface area (Å²) >= 11 is 1.65. The summed E-state index contributed by atoms with van der Waals surface area (Å²) in [5.74, 6) is 0. The molecule has 1 aliphatic rings. The van der Waals surface area contributed by atoms with E-state index in [4.69, 9.17) is 0 Å². The van der Waals surface area contributed by atoms with Gasteiger partial charge in [0.1, 0.15) is 0 Å². The molecular formula is C4H6NS. The smallest absolute Gasteiger partial charge is 0.0564 e. The van der Waals surface area contributed by atoms with E-state index in [9.17, 15) is 0 Å². The Balaban J connectivity index is 2.45. The first kappa shape index (κ1) is 4.22. The van der Waals surface area contributed by atoms with Crippen molar-refractivity contribution in [2.45, 2.75) is 6.92 Å². The molecule has 2 heteroatoms. The molecule has 0 atom stereocenters. The average Bonchev–Trinajstić information content (AvgIpc) is 1.86. The van der Waals surface area contributed by atoms with Gasteiger partial charge in [-0.3, -0.25) is 4.72 Å². The van der Waals surface area contributed by atoms with Gasteiger partial charge in [0, 0.05) is 0 Å². The molecule has 1 radical (unpaired) electrons. The molecule has 6 heavy (non-hydrogen) atoms. The second-order valence-electron chi connectivity index (χ2n) is 1.16. The van der Waals surface area contributed by atoms with Crippen LogP contribution in [0.25, 0.3) is 0 Å². The van der Waals surface area contributed by atoms with Crippen LogP contribution < -0.4 is 4.72 Å². The van der Waals surface area contributed by atoms with E-state index in [1.54, 1.807) is 11.9 Å². The Hall–Kier alpha value is 0.0500. The number of hydrogen-bond donors (Lipinski definition) is 1. The predicted molar refractivity (Wildman–Crippen MR) is 28.8 cm³/mol. The van der Waals surface area contributed by atoms with Crippen LogP contribution in [-0.2, 0) is 0 Å². The van der Waals surface area contributed by atoms with E-state index in [2.05, 4.69) is 11.6 Å². The predicted octanol–water partition coefficient (Wildman–Crippen LogP) is 1.30. The van der Waals surface area contributed by atoms with Crippen molar-refractivity contribution in [3.63, 3.8) is 0 Å².